The fourth-order valence-electron chi connectivity index (χ4n) is 1.28. The van der Waals surface area contributed by atoms with Crippen molar-refractivity contribution >= 4 is 17.7 Å². The zero-order valence-electron chi connectivity index (χ0n) is 10.3. The molecule has 98 valence electrons. The van der Waals surface area contributed by atoms with E-state index in [9.17, 15) is 14.4 Å². The number of ether oxygens (including phenoxy) is 1. The summed E-state index contributed by atoms with van der Waals surface area (Å²) in [6.45, 7) is 1.10. The van der Waals surface area contributed by atoms with E-state index in [0.29, 0.717) is 5.56 Å². The highest BCUT2D eigenvalue weighted by Crippen LogP contribution is 2.02. The number of carbonyl (C=O) groups excluding carboxylic acids is 2. The highest BCUT2D eigenvalue weighted by Gasteiger charge is 2.23. The second kappa shape index (κ2) is 6.97. The molecule has 1 N–H and O–H groups in total. The molecule has 5 nitrogen and oxygen atoms in total. The normalized spacial score (nSPS) is 10.8. The Morgan fingerprint density at radius 3 is 2.42 bits per heavy atom. The number of rotatable bonds is 4. The summed E-state index contributed by atoms with van der Waals surface area (Å²) in [6.07, 6.45) is -1.96. The van der Waals surface area contributed by atoms with Gasteiger partial charge >= 0.3 is 11.9 Å². The number of Topliss-reactive ketones (excluding diaryl/α,β-unsaturated/α-hetero) is 1. The van der Waals surface area contributed by atoms with Gasteiger partial charge in [0.15, 0.2) is 6.10 Å². The van der Waals surface area contributed by atoms with E-state index in [-0.39, 0.29) is 0 Å². The molecule has 19 heavy (non-hydrogen) atoms. The Hall–Kier alpha value is -2.61. The Morgan fingerprint density at radius 2 is 1.89 bits per heavy atom. The minimum atomic E-state index is -1.37. The van der Waals surface area contributed by atoms with Crippen molar-refractivity contribution in [2.24, 2.45) is 0 Å². The fourth-order valence-corrected chi connectivity index (χ4v) is 1.28. The first-order valence-corrected chi connectivity index (χ1v) is 5.49. The molecule has 0 radical (unpaired) electrons. The van der Waals surface area contributed by atoms with E-state index in [0.717, 1.165) is 6.92 Å². The SMILES string of the molecule is CC(=O)O[C@@H](CC(=O)O)C(=O)C#Cc1ccccc1. The van der Waals surface area contributed by atoms with E-state index in [1.54, 1.807) is 30.3 Å². The zero-order valence-corrected chi connectivity index (χ0v) is 10.3. The average molecular weight is 260 g/mol. The van der Waals surface area contributed by atoms with Crippen LogP contribution in [-0.2, 0) is 19.1 Å². The van der Waals surface area contributed by atoms with E-state index in [1.165, 1.54) is 0 Å². The molecule has 0 unspecified atom stereocenters. The lowest BCUT2D eigenvalue weighted by Gasteiger charge is -2.09. The van der Waals surface area contributed by atoms with Crippen molar-refractivity contribution in [3.63, 3.8) is 0 Å². The van der Waals surface area contributed by atoms with Gasteiger partial charge in [-0.15, -0.1) is 0 Å². The van der Waals surface area contributed by atoms with Gasteiger partial charge in [-0.25, -0.2) is 0 Å². The topological polar surface area (TPSA) is 80.7 Å². The standard InChI is InChI=1S/C14H12O5/c1-10(15)19-13(9-14(17)18)12(16)8-7-11-5-3-2-4-6-11/h2-6,13H,9H2,1H3,(H,17,18)/t13-/m0/s1. The summed E-state index contributed by atoms with van der Waals surface area (Å²) in [5.41, 5.74) is 0.618. The Bertz CT molecular complexity index is 520. The summed E-state index contributed by atoms with van der Waals surface area (Å²) >= 11 is 0. The second-order valence-electron chi connectivity index (χ2n) is 3.68. The lowest BCUT2D eigenvalue weighted by Crippen LogP contribution is -2.28. The summed E-state index contributed by atoms with van der Waals surface area (Å²) in [7, 11) is 0. The van der Waals surface area contributed by atoms with Gasteiger partial charge in [-0.05, 0) is 18.1 Å². The molecule has 0 fully saturated rings. The summed E-state index contributed by atoms with van der Waals surface area (Å²) in [5, 5.41) is 8.64. The van der Waals surface area contributed by atoms with Crippen LogP contribution in [0.5, 0.6) is 0 Å². The molecule has 0 aromatic heterocycles. The highest BCUT2D eigenvalue weighted by molar-refractivity contribution is 6.01. The number of esters is 1. The molecule has 0 aliphatic carbocycles. The number of carboxylic acid groups (broad SMARTS) is 1. The van der Waals surface area contributed by atoms with Gasteiger partial charge in [0.2, 0.25) is 5.78 Å². The predicted molar refractivity (Wildman–Crippen MR) is 66.1 cm³/mol. The van der Waals surface area contributed by atoms with Crippen LogP contribution in [0.15, 0.2) is 30.3 Å². The molecular formula is C14H12O5. The highest BCUT2D eigenvalue weighted by atomic mass is 16.5. The Kier molecular flexibility index (Phi) is 5.30. The molecule has 1 aromatic carbocycles. The maximum atomic E-state index is 11.7. The summed E-state index contributed by atoms with van der Waals surface area (Å²) < 4.78 is 4.64. The number of carbonyl (C=O) groups is 3. The van der Waals surface area contributed by atoms with Crippen LogP contribution in [0.4, 0.5) is 0 Å². The number of ketones is 1. The van der Waals surface area contributed by atoms with Crippen LogP contribution in [-0.4, -0.2) is 28.9 Å². The number of hydrogen-bond acceptors (Lipinski definition) is 4. The van der Waals surface area contributed by atoms with Crippen LogP contribution in [0, 0.1) is 11.8 Å². The van der Waals surface area contributed by atoms with Crippen molar-refractivity contribution in [1.82, 2.24) is 0 Å². The molecule has 1 aromatic rings. The molecule has 0 heterocycles. The summed E-state index contributed by atoms with van der Waals surface area (Å²) in [5.74, 6) is 2.18. The predicted octanol–water partition coefficient (Wildman–Crippen LogP) is 1.01. The fraction of sp³-hybridized carbons (Fsp3) is 0.214. The number of benzene rings is 1. The van der Waals surface area contributed by atoms with Crippen LogP contribution in [0.2, 0.25) is 0 Å². The first-order chi connectivity index (χ1) is 8.99. The van der Waals surface area contributed by atoms with Crippen molar-refractivity contribution in [2.75, 3.05) is 0 Å². The van der Waals surface area contributed by atoms with Gasteiger partial charge in [0.25, 0.3) is 0 Å². The van der Waals surface area contributed by atoms with E-state index in [2.05, 4.69) is 16.6 Å². The zero-order chi connectivity index (χ0) is 14.3. The Balaban J connectivity index is 2.80. The Morgan fingerprint density at radius 1 is 1.26 bits per heavy atom. The Labute approximate surface area is 110 Å². The van der Waals surface area contributed by atoms with Crippen molar-refractivity contribution in [2.45, 2.75) is 19.4 Å². The van der Waals surface area contributed by atoms with E-state index < -0.39 is 30.2 Å². The number of aliphatic carboxylic acids is 1. The van der Waals surface area contributed by atoms with Crippen LogP contribution < -0.4 is 0 Å². The molecule has 0 saturated heterocycles. The van der Waals surface area contributed by atoms with Crippen molar-refractivity contribution in [1.29, 1.82) is 0 Å². The van der Waals surface area contributed by atoms with Gasteiger partial charge in [0.05, 0.1) is 6.42 Å². The second-order valence-corrected chi connectivity index (χ2v) is 3.68. The van der Waals surface area contributed by atoms with E-state index in [4.69, 9.17) is 5.11 Å². The molecule has 0 aliphatic heterocycles. The van der Waals surface area contributed by atoms with E-state index in [1.807, 2.05) is 0 Å². The van der Waals surface area contributed by atoms with Gasteiger partial charge < -0.3 is 9.84 Å². The van der Waals surface area contributed by atoms with Gasteiger partial charge in [0, 0.05) is 12.5 Å². The van der Waals surface area contributed by atoms with Crippen LogP contribution in [0.1, 0.15) is 18.9 Å². The molecule has 1 atom stereocenters. The van der Waals surface area contributed by atoms with Gasteiger partial charge in [-0.3, -0.25) is 14.4 Å². The summed E-state index contributed by atoms with van der Waals surface area (Å²) in [6, 6.07) is 8.74. The van der Waals surface area contributed by atoms with Crippen molar-refractivity contribution in [3.8, 4) is 11.8 Å². The molecular weight excluding hydrogens is 248 g/mol. The molecule has 0 bridgehead atoms. The van der Waals surface area contributed by atoms with Gasteiger partial charge in [0.1, 0.15) is 0 Å². The van der Waals surface area contributed by atoms with Crippen LogP contribution >= 0.6 is 0 Å². The lowest BCUT2D eigenvalue weighted by molar-refractivity contribution is -0.155. The first kappa shape index (κ1) is 14.5. The lowest BCUT2D eigenvalue weighted by atomic mass is 10.1. The van der Waals surface area contributed by atoms with Gasteiger partial charge in [-0.1, -0.05) is 24.1 Å². The van der Waals surface area contributed by atoms with Crippen LogP contribution in [0.3, 0.4) is 0 Å². The van der Waals surface area contributed by atoms with Crippen LogP contribution in [0.25, 0.3) is 0 Å². The summed E-state index contributed by atoms with van der Waals surface area (Å²) in [4.78, 5) is 33.1. The van der Waals surface area contributed by atoms with Crippen molar-refractivity contribution in [3.05, 3.63) is 35.9 Å². The molecule has 0 spiro atoms. The van der Waals surface area contributed by atoms with Crippen molar-refractivity contribution < 1.29 is 24.2 Å². The largest absolute Gasteiger partial charge is 0.481 e. The molecule has 0 saturated carbocycles. The maximum Gasteiger partial charge on any atom is 0.307 e. The monoisotopic (exact) mass is 260 g/mol. The average Bonchev–Trinajstić information content (AvgIpc) is 2.35. The third-order valence-corrected chi connectivity index (χ3v) is 2.06. The van der Waals surface area contributed by atoms with Gasteiger partial charge in [-0.2, -0.15) is 0 Å². The molecule has 0 aliphatic rings. The minimum absolute atomic E-state index is 0.595. The molecule has 1 rings (SSSR count). The smallest absolute Gasteiger partial charge is 0.307 e. The number of carboxylic acids is 1. The number of hydrogen-bond donors (Lipinski definition) is 1. The third kappa shape index (κ3) is 5.50. The maximum absolute atomic E-state index is 11.7. The third-order valence-electron chi connectivity index (χ3n) is 2.06. The first-order valence-electron chi connectivity index (χ1n) is 5.49. The molecule has 0 amide bonds. The molecule has 5 heteroatoms. The minimum Gasteiger partial charge on any atom is -0.481 e. The van der Waals surface area contributed by atoms with E-state index >= 15 is 0 Å². The quantitative estimate of drug-likeness (QED) is 0.645.